The van der Waals surface area contributed by atoms with E-state index in [0.29, 0.717) is 18.8 Å². The third kappa shape index (κ3) is 5.29. The van der Waals surface area contributed by atoms with Crippen LogP contribution >= 0.6 is 0 Å². The summed E-state index contributed by atoms with van der Waals surface area (Å²) in [4.78, 5) is 31.7. The number of amides is 2. The van der Waals surface area contributed by atoms with Crippen molar-refractivity contribution in [1.82, 2.24) is 15.2 Å². The van der Waals surface area contributed by atoms with Gasteiger partial charge in [-0.2, -0.15) is 0 Å². The molecule has 2 aromatic carbocycles. The standard InChI is InChI=1S/C29H30FN3O5/c30-21-4-1-3-20(13-21)27-24-14-22(9-8-18(24)10-11-33(27)29(35)19-6-7-19)37-17-26-32-25(16-38-26)28(34)31-15-23-5-2-12-36-23/h1,3-4,8-9,13-14,16,19,23,27H,2,5-7,10-12,15,17H2,(H,31,34)/t23-,27+/m0/s1. The van der Waals surface area contributed by atoms with E-state index in [1.165, 1.54) is 18.4 Å². The van der Waals surface area contributed by atoms with Crippen LogP contribution in [0.3, 0.4) is 0 Å². The van der Waals surface area contributed by atoms with Gasteiger partial charge in [-0.25, -0.2) is 9.37 Å². The van der Waals surface area contributed by atoms with Crippen LogP contribution in [-0.4, -0.2) is 47.5 Å². The fourth-order valence-corrected chi connectivity index (χ4v) is 5.25. The van der Waals surface area contributed by atoms with Crippen molar-refractivity contribution in [1.29, 1.82) is 0 Å². The molecule has 0 spiro atoms. The lowest BCUT2D eigenvalue weighted by Gasteiger charge is -2.38. The first-order valence-electron chi connectivity index (χ1n) is 13.2. The maximum atomic E-state index is 14.2. The Morgan fingerprint density at radius 2 is 2.05 bits per heavy atom. The number of carbonyl (C=O) groups is 2. The van der Waals surface area contributed by atoms with Crippen molar-refractivity contribution in [2.75, 3.05) is 19.7 Å². The Balaban J connectivity index is 1.17. The highest BCUT2D eigenvalue weighted by atomic mass is 19.1. The molecule has 2 amide bonds. The second-order valence-corrected chi connectivity index (χ2v) is 10.1. The van der Waals surface area contributed by atoms with E-state index in [1.54, 1.807) is 6.07 Å². The van der Waals surface area contributed by atoms with Crippen molar-refractivity contribution in [2.45, 2.75) is 50.9 Å². The predicted octanol–water partition coefficient (Wildman–Crippen LogP) is 4.19. The van der Waals surface area contributed by atoms with Crippen molar-refractivity contribution in [2.24, 2.45) is 5.92 Å². The van der Waals surface area contributed by atoms with E-state index >= 15 is 0 Å². The number of rotatable bonds is 8. The van der Waals surface area contributed by atoms with Gasteiger partial charge in [0.15, 0.2) is 12.3 Å². The summed E-state index contributed by atoms with van der Waals surface area (Å²) in [5.74, 6) is 0.393. The van der Waals surface area contributed by atoms with Gasteiger partial charge in [0.1, 0.15) is 17.8 Å². The molecule has 9 heteroatoms. The molecule has 1 saturated carbocycles. The summed E-state index contributed by atoms with van der Waals surface area (Å²) in [6, 6.07) is 11.8. The van der Waals surface area contributed by atoms with Gasteiger partial charge in [0.05, 0.1) is 12.1 Å². The summed E-state index contributed by atoms with van der Waals surface area (Å²) in [5, 5.41) is 2.83. The molecule has 2 fully saturated rings. The Morgan fingerprint density at radius 3 is 2.84 bits per heavy atom. The van der Waals surface area contributed by atoms with Gasteiger partial charge in [0, 0.05) is 25.6 Å². The zero-order valence-corrected chi connectivity index (χ0v) is 21.0. The smallest absolute Gasteiger partial charge is 0.273 e. The molecule has 0 bridgehead atoms. The van der Waals surface area contributed by atoms with Crippen LogP contribution in [0, 0.1) is 11.7 Å². The second kappa shape index (κ2) is 10.6. The minimum atomic E-state index is -0.382. The first-order valence-corrected chi connectivity index (χ1v) is 13.2. The van der Waals surface area contributed by atoms with Gasteiger partial charge in [-0.1, -0.05) is 18.2 Å². The van der Waals surface area contributed by atoms with Crippen LogP contribution in [0.5, 0.6) is 5.75 Å². The first kappa shape index (κ1) is 24.6. The molecule has 3 aliphatic rings. The van der Waals surface area contributed by atoms with Gasteiger partial charge in [0.25, 0.3) is 5.91 Å². The normalized spacial score (nSPS) is 20.7. The zero-order chi connectivity index (χ0) is 26.1. The summed E-state index contributed by atoms with van der Waals surface area (Å²) < 4.78 is 31.1. The number of ether oxygens (including phenoxy) is 2. The van der Waals surface area contributed by atoms with E-state index in [9.17, 15) is 14.0 Å². The van der Waals surface area contributed by atoms with Gasteiger partial charge in [-0.3, -0.25) is 9.59 Å². The molecule has 2 atom stereocenters. The lowest BCUT2D eigenvalue weighted by molar-refractivity contribution is -0.134. The summed E-state index contributed by atoms with van der Waals surface area (Å²) in [7, 11) is 0. The Labute approximate surface area is 220 Å². The first-order chi connectivity index (χ1) is 18.5. The highest BCUT2D eigenvalue weighted by molar-refractivity contribution is 5.91. The van der Waals surface area contributed by atoms with Crippen molar-refractivity contribution in [3.8, 4) is 5.75 Å². The number of nitrogens with one attached hydrogen (secondary N) is 1. The molecule has 6 rings (SSSR count). The van der Waals surface area contributed by atoms with Gasteiger partial charge < -0.3 is 24.1 Å². The lowest BCUT2D eigenvalue weighted by Crippen LogP contribution is -2.41. The van der Waals surface area contributed by atoms with Gasteiger partial charge in [0.2, 0.25) is 11.8 Å². The van der Waals surface area contributed by atoms with E-state index < -0.39 is 0 Å². The summed E-state index contributed by atoms with van der Waals surface area (Å²) in [5.41, 5.74) is 2.96. The van der Waals surface area contributed by atoms with E-state index in [4.69, 9.17) is 13.9 Å². The van der Waals surface area contributed by atoms with Crippen molar-refractivity contribution < 1.29 is 27.9 Å². The van der Waals surface area contributed by atoms with E-state index in [2.05, 4.69) is 10.3 Å². The van der Waals surface area contributed by atoms with Crippen LogP contribution in [0.15, 0.2) is 53.1 Å². The molecule has 1 aromatic heterocycles. The van der Waals surface area contributed by atoms with Gasteiger partial charge in [-0.15, -0.1) is 0 Å². The highest BCUT2D eigenvalue weighted by Crippen LogP contribution is 2.41. The molecule has 3 heterocycles. The Kier molecular flexibility index (Phi) is 6.84. The Morgan fingerprint density at radius 1 is 1.16 bits per heavy atom. The van der Waals surface area contributed by atoms with E-state index in [-0.39, 0.29) is 53.9 Å². The van der Waals surface area contributed by atoms with Gasteiger partial charge >= 0.3 is 0 Å². The topological polar surface area (TPSA) is 93.9 Å². The van der Waals surface area contributed by atoms with Crippen molar-refractivity contribution >= 4 is 11.8 Å². The average molecular weight is 520 g/mol. The number of hydrogen-bond donors (Lipinski definition) is 1. The maximum absolute atomic E-state index is 14.2. The van der Waals surface area contributed by atoms with Crippen LogP contribution in [0.2, 0.25) is 0 Å². The van der Waals surface area contributed by atoms with Crippen LogP contribution < -0.4 is 10.1 Å². The molecule has 3 aromatic rings. The molecule has 2 aliphatic heterocycles. The molecular formula is C29H30FN3O5. The molecular weight excluding hydrogens is 489 g/mol. The number of benzene rings is 2. The van der Waals surface area contributed by atoms with Crippen LogP contribution in [0.25, 0.3) is 0 Å². The average Bonchev–Trinajstić information content (AvgIpc) is 3.44. The number of oxazole rings is 1. The second-order valence-electron chi connectivity index (χ2n) is 10.1. The Hall–Kier alpha value is -3.72. The summed E-state index contributed by atoms with van der Waals surface area (Å²) >= 11 is 0. The predicted molar refractivity (Wildman–Crippen MR) is 135 cm³/mol. The molecule has 0 radical (unpaired) electrons. The van der Waals surface area contributed by atoms with Crippen LogP contribution in [0.4, 0.5) is 4.39 Å². The minimum absolute atomic E-state index is 0.0349. The lowest BCUT2D eigenvalue weighted by atomic mass is 9.87. The number of aromatic nitrogens is 1. The third-order valence-electron chi connectivity index (χ3n) is 7.38. The van der Waals surface area contributed by atoms with E-state index in [0.717, 1.165) is 55.4 Å². The Bertz CT molecular complexity index is 1330. The van der Waals surface area contributed by atoms with Crippen LogP contribution in [0.1, 0.15) is 64.8 Å². The van der Waals surface area contributed by atoms with E-state index in [1.807, 2.05) is 29.2 Å². The molecule has 1 saturated heterocycles. The molecule has 38 heavy (non-hydrogen) atoms. The third-order valence-corrected chi connectivity index (χ3v) is 7.38. The molecule has 1 N–H and O–H groups in total. The number of fused-ring (bicyclic) bond motifs is 1. The molecule has 0 unspecified atom stereocenters. The molecule has 8 nitrogen and oxygen atoms in total. The summed E-state index contributed by atoms with van der Waals surface area (Å²) in [6.07, 6.45) is 5.85. The van der Waals surface area contributed by atoms with Crippen LogP contribution in [-0.2, 0) is 22.6 Å². The number of halogens is 1. The van der Waals surface area contributed by atoms with Crippen molar-refractivity contribution in [3.63, 3.8) is 0 Å². The highest BCUT2D eigenvalue weighted by Gasteiger charge is 2.39. The fraction of sp³-hybridized carbons (Fsp3) is 0.414. The molecule has 198 valence electrons. The SMILES string of the molecule is O=C(NC[C@@H]1CCCO1)c1coc(COc2ccc3c(c2)[C@@H](c2cccc(F)c2)N(C(=O)C2CC2)CC3)n1. The number of nitrogens with zero attached hydrogens (tertiary/aromatic N) is 2. The number of carbonyl (C=O) groups excluding carboxylic acids is 2. The largest absolute Gasteiger partial charge is 0.484 e. The van der Waals surface area contributed by atoms with Crippen molar-refractivity contribution in [3.05, 3.63) is 82.8 Å². The number of hydrogen-bond acceptors (Lipinski definition) is 6. The fourth-order valence-electron chi connectivity index (χ4n) is 5.25. The molecule has 1 aliphatic carbocycles. The van der Waals surface area contributed by atoms with Gasteiger partial charge in [-0.05, 0) is 73.1 Å². The monoisotopic (exact) mass is 519 g/mol. The maximum Gasteiger partial charge on any atom is 0.273 e. The quantitative estimate of drug-likeness (QED) is 0.480. The summed E-state index contributed by atoms with van der Waals surface area (Å²) in [6.45, 7) is 1.80. The minimum Gasteiger partial charge on any atom is -0.484 e. The zero-order valence-electron chi connectivity index (χ0n) is 21.0.